The lowest BCUT2D eigenvalue weighted by atomic mass is 9.96. The van der Waals surface area contributed by atoms with E-state index in [1.54, 1.807) is 0 Å². The van der Waals surface area contributed by atoms with Crippen molar-refractivity contribution < 1.29 is 20.1 Å². The first-order valence-corrected chi connectivity index (χ1v) is 4.74. The van der Waals surface area contributed by atoms with Crippen molar-refractivity contribution in [2.75, 3.05) is 13.2 Å². The number of aliphatic hydroxyl groups is 3. The maximum absolute atomic E-state index is 10.5. The Morgan fingerprint density at radius 1 is 1.43 bits per heavy atom. The van der Waals surface area contributed by atoms with E-state index in [4.69, 9.17) is 5.11 Å². The number of hydrogen-bond acceptors (Lipinski definition) is 4. The third-order valence-electron chi connectivity index (χ3n) is 2.20. The van der Waals surface area contributed by atoms with Gasteiger partial charge in [-0.2, -0.15) is 0 Å². The minimum absolute atomic E-state index is 0.00694. The molecule has 0 aromatic carbocycles. The molecule has 0 spiro atoms. The Balaban J connectivity index is 3.96. The SMILES string of the molecule is CCC(CO)C(O)C(O)CNC(C)=O. The Bertz CT molecular complexity index is 170. The lowest BCUT2D eigenvalue weighted by molar-refractivity contribution is -0.120. The number of hydrogen-bond donors (Lipinski definition) is 4. The Labute approximate surface area is 83.8 Å². The monoisotopic (exact) mass is 205 g/mol. The standard InChI is InChI=1S/C9H19NO4/c1-3-7(5-11)9(14)8(13)4-10-6(2)12/h7-9,11,13-14H,3-5H2,1-2H3,(H,10,12). The summed E-state index contributed by atoms with van der Waals surface area (Å²) in [6, 6.07) is 0. The molecule has 0 aromatic rings. The molecule has 5 nitrogen and oxygen atoms in total. The summed E-state index contributed by atoms with van der Waals surface area (Å²) in [5.74, 6) is -0.605. The molecule has 0 bridgehead atoms. The normalized spacial score (nSPS) is 17.2. The minimum Gasteiger partial charge on any atom is -0.396 e. The summed E-state index contributed by atoms with van der Waals surface area (Å²) in [7, 11) is 0. The fourth-order valence-electron chi connectivity index (χ4n) is 1.16. The van der Waals surface area contributed by atoms with Crippen LogP contribution in [0.15, 0.2) is 0 Å². The van der Waals surface area contributed by atoms with Crippen LogP contribution in [-0.4, -0.2) is 46.6 Å². The van der Waals surface area contributed by atoms with Crippen LogP contribution in [0.3, 0.4) is 0 Å². The van der Waals surface area contributed by atoms with Crippen molar-refractivity contribution in [3.8, 4) is 0 Å². The van der Waals surface area contributed by atoms with Crippen LogP contribution in [-0.2, 0) is 4.79 Å². The Kier molecular flexibility index (Phi) is 6.44. The number of carbonyl (C=O) groups excluding carboxylic acids is 1. The largest absolute Gasteiger partial charge is 0.396 e. The third kappa shape index (κ3) is 4.55. The predicted molar refractivity (Wildman–Crippen MR) is 51.6 cm³/mol. The van der Waals surface area contributed by atoms with E-state index in [9.17, 15) is 15.0 Å². The number of carbonyl (C=O) groups is 1. The zero-order chi connectivity index (χ0) is 11.1. The number of aliphatic hydroxyl groups excluding tert-OH is 3. The van der Waals surface area contributed by atoms with Crippen molar-refractivity contribution >= 4 is 5.91 Å². The number of amides is 1. The molecule has 0 heterocycles. The molecule has 4 N–H and O–H groups in total. The van der Waals surface area contributed by atoms with Crippen LogP contribution in [0.4, 0.5) is 0 Å². The molecule has 0 saturated heterocycles. The van der Waals surface area contributed by atoms with Gasteiger partial charge in [0, 0.05) is 26.0 Å². The molecule has 3 atom stereocenters. The van der Waals surface area contributed by atoms with E-state index in [1.807, 2.05) is 6.92 Å². The van der Waals surface area contributed by atoms with E-state index in [0.29, 0.717) is 6.42 Å². The zero-order valence-electron chi connectivity index (χ0n) is 8.60. The van der Waals surface area contributed by atoms with E-state index in [0.717, 1.165) is 0 Å². The Morgan fingerprint density at radius 2 is 2.00 bits per heavy atom. The van der Waals surface area contributed by atoms with Crippen molar-refractivity contribution in [1.29, 1.82) is 0 Å². The molecular formula is C9H19NO4. The quantitative estimate of drug-likeness (QED) is 0.441. The highest BCUT2D eigenvalue weighted by Gasteiger charge is 2.24. The molecule has 0 aliphatic heterocycles. The molecule has 1 amide bonds. The summed E-state index contributed by atoms with van der Waals surface area (Å²) in [5, 5.41) is 30.2. The van der Waals surface area contributed by atoms with Crippen LogP contribution in [0, 0.1) is 5.92 Å². The zero-order valence-corrected chi connectivity index (χ0v) is 8.60. The topological polar surface area (TPSA) is 89.8 Å². The predicted octanol–water partition coefficient (Wildman–Crippen LogP) is -1.14. The van der Waals surface area contributed by atoms with Gasteiger partial charge in [0.2, 0.25) is 5.91 Å². The second kappa shape index (κ2) is 6.75. The van der Waals surface area contributed by atoms with Crippen LogP contribution in [0.5, 0.6) is 0 Å². The van der Waals surface area contributed by atoms with Crippen LogP contribution in [0.1, 0.15) is 20.3 Å². The van der Waals surface area contributed by atoms with Gasteiger partial charge in [0.15, 0.2) is 0 Å². The molecular weight excluding hydrogens is 186 g/mol. The molecule has 3 unspecified atom stereocenters. The summed E-state index contributed by atoms with van der Waals surface area (Å²) >= 11 is 0. The highest BCUT2D eigenvalue weighted by atomic mass is 16.3. The lowest BCUT2D eigenvalue weighted by Crippen LogP contribution is -2.42. The number of nitrogens with one attached hydrogen (secondary N) is 1. The first-order chi connectivity index (χ1) is 6.52. The van der Waals surface area contributed by atoms with Crippen molar-refractivity contribution in [2.45, 2.75) is 32.5 Å². The van der Waals surface area contributed by atoms with Crippen LogP contribution in [0.2, 0.25) is 0 Å². The summed E-state index contributed by atoms with van der Waals surface area (Å²) in [4.78, 5) is 10.5. The fourth-order valence-corrected chi connectivity index (χ4v) is 1.16. The van der Waals surface area contributed by atoms with Gasteiger partial charge in [-0.25, -0.2) is 0 Å². The van der Waals surface area contributed by atoms with Gasteiger partial charge in [0.05, 0.1) is 12.2 Å². The average Bonchev–Trinajstić information content (AvgIpc) is 2.15. The van der Waals surface area contributed by atoms with Crippen LogP contribution >= 0.6 is 0 Å². The van der Waals surface area contributed by atoms with E-state index in [-0.39, 0.29) is 25.0 Å². The van der Waals surface area contributed by atoms with Gasteiger partial charge < -0.3 is 20.6 Å². The van der Waals surface area contributed by atoms with Gasteiger partial charge in [-0.15, -0.1) is 0 Å². The first-order valence-electron chi connectivity index (χ1n) is 4.74. The summed E-state index contributed by atoms with van der Waals surface area (Å²) in [5.41, 5.74) is 0. The van der Waals surface area contributed by atoms with Crippen LogP contribution < -0.4 is 5.32 Å². The van der Waals surface area contributed by atoms with Crippen molar-refractivity contribution in [3.63, 3.8) is 0 Å². The molecule has 0 radical (unpaired) electrons. The van der Waals surface area contributed by atoms with Gasteiger partial charge in [-0.05, 0) is 6.42 Å². The van der Waals surface area contributed by atoms with Gasteiger partial charge in [-0.1, -0.05) is 6.92 Å². The van der Waals surface area contributed by atoms with E-state index < -0.39 is 12.2 Å². The second-order valence-corrected chi connectivity index (χ2v) is 3.35. The van der Waals surface area contributed by atoms with Crippen LogP contribution in [0.25, 0.3) is 0 Å². The highest BCUT2D eigenvalue weighted by Crippen LogP contribution is 2.11. The number of rotatable bonds is 6. The molecule has 0 fully saturated rings. The summed E-state index contributed by atoms with van der Waals surface area (Å²) in [6.07, 6.45) is -1.46. The highest BCUT2D eigenvalue weighted by molar-refractivity contribution is 5.72. The molecule has 5 heteroatoms. The second-order valence-electron chi connectivity index (χ2n) is 3.35. The van der Waals surface area contributed by atoms with Crippen molar-refractivity contribution in [1.82, 2.24) is 5.32 Å². The van der Waals surface area contributed by atoms with Gasteiger partial charge in [0.25, 0.3) is 0 Å². The van der Waals surface area contributed by atoms with E-state index in [1.165, 1.54) is 6.92 Å². The smallest absolute Gasteiger partial charge is 0.216 e. The maximum Gasteiger partial charge on any atom is 0.216 e. The Morgan fingerprint density at radius 3 is 2.36 bits per heavy atom. The molecule has 14 heavy (non-hydrogen) atoms. The molecule has 0 aromatic heterocycles. The minimum atomic E-state index is -1.03. The molecule has 0 rings (SSSR count). The van der Waals surface area contributed by atoms with E-state index in [2.05, 4.69) is 5.32 Å². The summed E-state index contributed by atoms with van der Waals surface area (Å²) < 4.78 is 0. The molecule has 0 saturated carbocycles. The van der Waals surface area contributed by atoms with Gasteiger partial charge >= 0.3 is 0 Å². The van der Waals surface area contributed by atoms with E-state index >= 15 is 0 Å². The van der Waals surface area contributed by atoms with Gasteiger partial charge in [0.1, 0.15) is 0 Å². The lowest BCUT2D eigenvalue weighted by Gasteiger charge is -2.24. The fraction of sp³-hybridized carbons (Fsp3) is 0.889. The van der Waals surface area contributed by atoms with Crippen molar-refractivity contribution in [2.24, 2.45) is 5.92 Å². The maximum atomic E-state index is 10.5. The Hall–Kier alpha value is -0.650. The first kappa shape index (κ1) is 13.4. The average molecular weight is 205 g/mol. The molecule has 0 aliphatic rings. The molecule has 0 aliphatic carbocycles. The van der Waals surface area contributed by atoms with Crippen molar-refractivity contribution in [3.05, 3.63) is 0 Å². The summed E-state index contributed by atoms with van der Waals surface area (Å²) in [6.45, 7) is 2.99. The van der Waals surface area contributed by atoms with Gasteiger partial charge in [-0.3, -0.25) is 4.79 Å². The third-order valence-corrected chi connectivity index (χ3v) is 2.20. The molecule has 84 valence electrons.